The van der Waals surface area contributed by atoms with Crippen LogP contribution in [0.25, 0.3) is 0 Å². The SMILES string of the molecule is CC/C=C\C/C=C\C/C=C\C/C=C\CCCCC(=O)OC[C@H](COP(=O)(O)OCCN)OC(=O)CCCCCCC/C=C\C/C=C\CCCC. The molecule has 0 aliphatic rings. The zero-order chi connectivity index (χ0) is 36.8. The molecule has 9 nitrogen and oxygen atoms in total. The first kappa shape index (κ1) is 47.4. The lowest BCUT2D eigenvalue weighted by Gasteiger charge is -2.19. The van der Waals surface area contributed by atoms with Crippen LogP contribution >= 0.6 is 7.82 Å². The van der Waals surface area contributed by atoms with E-state index in [2.05, 4.69) is 86.8 Å². The lowest BCUT2D eigenvalue weighted by atomic mass is 10.1. The average molecular weight is 722 g/mol. The van der Waals surface area contributed by atoms with Crippen LogP contribution in [0, 0.1) is 0 Å². The molecule has 0 saturated heterocycles. The summed E-state index contributed by atoms with van der Waals surface area (Å²) in [4.78, 5) is 34.7. The highest BCUT2D eigenvalue weighted by Gasteiger charge is 2.25. The first-order valence-electron chi connectivity index (χ1n) is 18.9. The van der Waals surface area contributed by atoms with Gasteiger partial charge in [0.05, 0.1) is 13.2 Å². The molecular formula is C40H68NO8P. The second-order valence-corrected chi connectivity index (χ2v) is 13.5. The summed E-state index contributed by atoms with van der Waals surface area (Å²) in [6.07, 6.45) is 42.2. The van der Waals surface area contributed by atoms with E-state index in [1.165, 1.54) is 12.8 Å². The number of ether oxygens (including phenoxy) is 2. The van der Waals surface area contributed by atoms with E-state index in [9.17, 15) is 19.0 Å². The highest BCUT2D eigenvalue weighted by atomic mass is 31.2. The van der Waals surface area contributed by atoms with Crippen LogP contribution in [0.15, 0.2) is 72.9 Å². The fourth-order valence-corrected chi connectivity index (χ4v) is 5.29. The zero-order valence-electron chi connectivity index (χ0n) is 31.1. The molecule has 0 rings (SSSR count). The Bertz CT molecular complexity index is 1050. The van der Waals surface area contributed by atoms with Crippen molar-refractivity contribution in [1.29, 1.82) is 0 Å². The smallest absolute Gasteiger partial charge is 0.462 e. The van der Waals surface area contributed by atoms with Crippen molar-refractivity contribution in [2.75, 3.05) is 26.4 Å². The van der Waals surface area contributed by atoms with E-state index in [4.69, 9.17) is 24.3 Å². The number of esters is 2. The van der Waals surface area contributed by atoms with Gasteiger partial charge >= 0.3 is 19.8 Å². The van der Waals surface area contributed by atoms with Crippen LogP contribution in [0.2, 0.25) is 0 Å². The number of phosphoric acid groups is 1. The van der Waals surface area contributed by atoms with Crippen molar-refractivity contribution in [1.82, 2.24) is 0 Å². The standard InChI is InChI=1S/C40H68NO8P/c1-3-5-7-9-11-13-15-17-19-21-22-24-26-28-30-32-39(42)46-36-38(37-48-50(44,45)47-35-34-41)49-40(43)33-31-29-27-25-23-20-18-16-14-12-10-8-6-4-2/h5,7,10-13,16-19,22,24,38H,3-4,6,8-9,14-15,20-21,23,25-37,41H2,1-2H3,(H,44,45)/b7-5-,12-10-,13-11-,18-16-,19-17-,24-22-/t38-/m1/s1. The first-order valence-corrected chi connectivity index (χ1v) is 20.4. The number of carbonyl (C=O) groups is 2. The summed E-state index contributed by atoms with van der Waals surface area (Å²) in [7, 11) is -4.39. The van der Waals surface area contributed by atoms with Gasteiger partial charge in [0.2, 0.25) is 0 Å². The Morgan fingerprint density at radius 1 is 0.620 bits per heavy atom. The molecule has 0 radical (unpaired) electrons. The van der Waals surface area contributed by atoms with Crippen molar-refractivity contribution in [2.24, 2.45) is 5.73 Å². The average Bonchev–Trinajstić information content (AvgIpc) is 3.10. The van der Waals surface area contributed by atoms with Gasteiger partial charge in [0.15, 0.2) is 6.10 Å². The summed E-state index contributed by atoms with van der Waals surface area (Å²) in [5.74, 6) is -0.904. The topological polar surface area (TPSA) is 134 Å². The Balaban J connectivity index is 4.35. The monoisotopic (exact) mass is 721 g/mol. The number of rotatable bonds is 34. The molecule has 2 atom stereocenters. The summed E-state index contributed by atoms with van der Waals surface area (Å²) in [6, 6.07) is 0. The molecule has 50 heavy (non-hydrogen) atoms. The molecular weight excluding hydrogens is 653 g/mol. The molecule has 0 aliphatic carbocycles. The van der Waals surface area contributed by atoms with Crippen LogP contribution in [0.5, 0.6) is 0 Å². The van der Waals surface area contributed by atoms with E-state index in [0.29, 0.717) is 12.8 Å². The summed E-state index contributed by atoms with van der Waals surface area (Å²) >= 11 is 0. The normalized spacial score (nSPS) is 14.2. The van der Waals surface area contributed by atoms with Crippen molar-refractivity contribution in [3.05, 3.63) is 72.9 Å². The summed E-state index contributed by atoms with van der Waals surface area (Å²) in [5.41, 5.74) is 5.33. The molecule has 0 aliphatic heterocycles. The van der Waals surface area contributed by atoms with Crippen molar-refractivity contribution < 1.29 is 37.6 Å². The van der Waals surface area contributed by atoms with Gasteiger partial charge in [-0.2, -0.15) is 0 Å². The first-order chi connectivity index (χ1) is 24.3. The number of carbonyl (C=O) groups excluding carboxylic acids is 2. The molecule has 0 bridgehead atoms. The van der Waals surface area contributed by atoms with Gasteiger partial charge in [0.25, 0.3) is 0 Å². The minimum absolute atomic E-state index is 0.0414. The third-order valence-corrected chi connectivity index (χ3v) is 8.31. The number of allylic oxidation sites excluding steroid dienone is 12. The van der Waals surface area contributed by atoms with Gasteiger partial charge in [0, 0.05) is 19.4 Å². The molecule has 0 aromatic carbocycles. The minimum Gasteiger partial charge on any atom is -0.462 e. The molecule has 1 unspecified atom stereocenters. The van der Waals surface area contributed by atoms with Crippen molar-refractivity contribution >= 4 is 19.8 Å². The number of nitrogens with two attached hydrogens (primary N) is 1. The maximum absolute atomic E-state index is 12.5. The fourth-order valence-electron chi connectivity index (χ4n) is 4.52. The van der Waals surface area contributed by atoms with Gasteiger partial charge in [-0.3, -0.25) is 18.6 Å². The third kappa shape index (κ3) is 35.3. The van der Waals surface area contributed by atoms with Gasteiger partial charge in [-0.15, -0.1) is 0 Å². The molecule has 0 amide bonds. The molecule has 3 N–H and O–H groups in total. The molecule has 0 saturated carbocycles. The Morgan fingerprint density at radius 2 is 1.10 bits per heavy atom. The van der Waals surface area contributed by atoms with Crippen LogP contribution in [-0.4, -0.2) is 49.3 Å². The molecule has 0 spiro atoms. The second kappa shape index (κ2) is 36.2. The Morgan fingerprint density at radius 3 is 1.68 bits per heavy atom. The van der Waals surface area contributed by atoms with Crippen molar-refractivity contribution in [3.63, 3.8) is 0 Å². The maximum atomic E-state index is 12.5. The molecule has 286 valence electrons. The fraction of sp³-hybridized carbons (Fsp3) is 0.650. The Hall–Kier alpha value is -2.55. The highest BCUT2D eigenvalue weighted by molar-refractivity contribution is 7.47. The molecule has 0 aromatic rings. The van der Waals surface area contributed by atoms with Crippen LogP contribution in [-0.2, 0) is 32.7 Å². The van der Waals surface area contributed by atoms with Crippen molar-refractivity contribution in [3.8, 4) is 0 Å². The van der Waals surface area contributed by atoms with E-state index in [1.807, 2.05) is 0 Å². The molecule has 0 aromatic heterocycles. The van der Waals surface area contributed by atoms with Gasteiger partial charge in [-0.05, 0) is 77.0 Å². The summed E-state index contributed by atoms with van der Waals surface area (Å²) in [6.45, 7) is 3.47. The molecule has 0 heterocycles. The van der Waals surface area contributed by atoms with E-state index >= 15 is 0 Å². The Kier molecular flexibility index (Phi) is 34.4. The predicted octanol–water partition coefficient (Wildman–Crippen LogP) is 10.3. The quantitative estimate of drug-likeness (QED) is 0.0288. The number of hydrogen-bond donors (Lipinski definition) is 2. The van der Waals surface area contributed by atoms with Gasteiger partial charge in [0.1, 0.15) is 6.61 Å². The van der Waals surface area contributed by atoms with E-state index < -0.39 is 32.5 Å². The summed E-state index contributed by atoms with van der Waals surface area (Å²) < 4.78 is 32.6. The van der Waals surface area contributed by atoms with Gasteiger partial charge < -0.3 is 20.1 Å². The second-order valence-electron chi connectivity index (χ2n) is 12.1. The predicted molar refractivity (Wildman–Crippen MR) is 206 cm³/mol. The van der Waals surface area contributed by atoms with Crippen LogP contribution < -0.4 is 5.73 Å². The van der Waals surface area contributed by atoms with Crippen LogP contribution in [0.4, 0.5) is 0 Å². The number of phosphoric ester groups is 1. The van der Waals surface area contributed by atoms with Crippen LogP contribution in [0.1, 0.15) is 136 Å². The van der Waals surface area contributed by atoms with Crippen LogP contribution in [0.3, 0.4) is 0 Å². The van der Waals surface area contributed by atoms with E-state index in [-0.39, 0.29) is 32.6 Å². The van der Waals surface area contributed by atoms with Gasteiger partial charge in [-0.1, -0.05) is 119 Å². The van der Waals surface area contributed by atoms with Crippen molar-refractivity contribution in [2.45, 2.75) is 142 Å². The third-order valence-electron chi connectivity index (χ3n) is 7.33. The minimum atomic E-state index is -4.39. The maximum Gasteiger partial charge on any atom is 0.472 e. The number of unbranched alkanes of at least 4 members (excludes halogenated alkanes) is 9. The molecule has 0 fully saturated rings. The number of hydrogen-bond acceptors (Lipinski definition) is 8. The highest BCUT2D eigenvalue weighted by Crippen LogP contribution is 2.43. The van der Waals surface area contributed by atoms with E-state index in [0.717, 1.165) is 83.5 Å². The largest absolute Gasteiger partial charge is 0.472 e. The Labute approximate surface area is 303 Å². The zero-order valence-corrected chi connectivity index (χ0v) is 32.0. The summed E-state index contributed by atoms with van der Waals surface area (Å²) in [5, 5.41) is 0. The van der Waals surface area contributed by atoms with Gasteiger partial charge in [-0.25, -0.2) is 4.57 Å². The molecule has 10 heteroatoms. The lowest BCUT2D eigenvalue weighted by molar-refractivity contribution is -0.161. The van der Waals surface area contributed by atoms with E-state index in [1.54, 1.807) is 0 Å². The lowest BCUT2D eigenvalue weighted by Crippen LogP contribution is -2.29.